The molecule has 0 spiro atoms. The summed E-state index contributed by atoms with van der Waals surface area (Å²) in [5, 5.41) is 0. The van der Waals surface area contributed by atoms with Gasteiger partial charge < -0.3 is 59.5 Å². The molecule has 0 radical (unpaired) electrons. The molecular formula is C24H60FeN2S4. The smallest absolute Gasteiger partial charge is 0.793 e. The van der Waals surface area contributed by atoms with Gasteiger partial charge in [0.2, 0.25) is 0 Å². The molecule has 0 unspecified atom stereocenters. The zero-order valence-corrected chi connectivity index (χ0v) is 27.7. The van der Waals surface area contributed by atoms with Gasteiger partial charge in [-0.05, 0) is 55.4 Å². The number of hydrogen-bond acceptors (Lipinski definition) is 4. The third-order valence-corrected chi connectivity index (χ3v) is 5.37. The summed E-state index contributed by atoms with van der Waals surface area (Å²) < 4.78 is 2.56. The van der Waals surface area contributed by atoms with Crippen LogP contribution in [0.2, 0.25) is 0 Å². The molecule has 0 rings (SSSR count). The normalized spacial score (nSPS) is 9.29. The maximum absolute atomic E-state index is 4.39. The standard InChI is InChI=1S/2C8H20N.4C2H6S.Fe/c2*1-5-9(6-2,7-3)8-4;4*1-2-3;/h2*5-8H2,1-4H3;4*3H,2H2,1H3;/q2*+1;;;;;+2/p-4. The van der Waals surface area contributed by atoms with E-state index in [1.807, 2.05) is 27.7 Å². The summed E-state index contributed by atoms with van der Waals surface area (Å²) in [6.07, 6.45) is 0. The fourth-order valence-electron chi connectivity index (χ4n) is 2.68. The van der Waals surface area contributed by atoms with Crippen molar-refractivity contribution < 1.29 is 26.0 Å². The molecule has 0 atom stereocenters. The minimum atomic E-state index is 0. The van der Waals surface area contributed by atoms with Crippen molar-refractivity contribution in [1.29, 1.82) is 0 Å². The number of quaternary nitrogens is 2. The maximum atomic E-state index is 4.39. The van der Waals surface area contributed by atoms with Crippen molar-refractivity contribution in [3.05, 3.63) is 0 Å². The van der Waals surface area contributed by atoms with Crippen LogP contribution < -0.4 is 0 Å². The van der Waals surface area contributed by atoms with E-state index < -0.39 is 0 Å². The SMILES string of the molecule is CC[N+](CC)(CC)CC.CC[N+](CC)(CC)CC.CC[S-].CC[S-].CC[S-].CC[S-].[Fe+2]. The molecule has 0 aromatic heterocycles. The summed E-state index contributed by atoms with van der Waals surface area (Å²) in [7, 11) is 0. The summed E-state index contributed by atoms with van der Waals surface area (Å²) in [4.78, 5) is 0. The van der Waals surface area contributed by atoms with E-state index in [-0.39, 0.29) is 17.1 Å². The van der Waals surface area contributed by atoms with E-state index in [0.29, 0.717) is 0 Å². The molecule has 0 N–H and O–H groups in total. The number of rotatable bonds is 8. The molecule has 7 heteroatoms. The third kappa shape index (κ3) is 42.5. The van der Waals surface area contributed by atoms with Gasteiger partial charge in [-0.2, -0.15) is 23.0 Å². The Morgan fingerprint density at radius 1 is 0.323 bits per heavy atom. The average molecular weight is 561 g/mol. The number of nitrogens with zero attached hydrogens (tertiary/aromatic N) is 2. The van der Waals surface area contributed by atoms with E-state index in [2.05, 4.69) is 106 Å². The van der Waals surface area contributed by atoms with Crippen LogP contribution in [0.1, 0.15) is 83.1 Å². The van der Waals surface area contributed by atoms with E-state index >= 15 is 0 Å². The minimum absolute atomic E-state index is 0. The molecule has 2 nitrogen and oxygen atoms in total. The Balaban J connectivity index is -0.0000000486. The molecule has 0 aliphatic heterocycles. The first kappa shape index (κ1) is 49.9. The van der Waals surface area contributed by atoms with Gasteiger partial charge in [0.25, 0.3) is 0 Å². The van der Waals surface area contributed by atoms with E-state index in [4.69, 9.17) is 0 Å². The summed E-state index contributed by atoms with van der Waals surface area (Å²) >= 11 is 17.6. The zero-order valence-electron chi connectivity index (χ0n) is 23.4. The predicted molar refractivity (Wildman–Crippen MR) is 156 cm³/mol. The van der Waals surface area contributed by atoms with Gasteiger partial charge in [0.15, 0.2) is 0 Å². The summed E-state index contributed by atoms with van der Waals surface area (Å²) in [5.41, 5.74) is 0. The summed E-state index contributed by atoms with van der Waals surface area (Å²) in [6.45, 7) is 36.2. The molecule has 0 amide bonds. The third-order valence-electron chi connectivity index (χ3n) is 5.37. The Morgan fingerprint density at radius 2 is 0.387 bits per heavy atom. The fourth-order valence-corrected chi connectivity index (χ4v) is 2.68. The molecule has 0 aliphatic carbocycles. The van der Waals surface area contributed by atoms with Crippen molar-refractivity contribution in [2.24, 2.45) is 0 Å². The second-order valence-electron chi connectivity index (χ2n) is 6.37. The Kier molecular flexibility index (Phi) is 72.9. The molecule has 0 heterocycles. The van der Waals surface area contributed by atoms with Gasteiger partial charge in [0.05, 0.1) is 52.4 Å². The Morgan fingerprint density at radius 3 is 0.387 bits per heavy atom. The van der Waals surface area contributed by atoms with Crippen LogP contribution in [0.3, 0.4) is 0 Å². The van der Waals surface area contributed by atoms with Crippen molar-refractivity contribution in [2.45, 2.75) is 83.1 Å². The predicted octanol–water partition coefficient (Wildman–Crippen LogP) is 5.98. The fraction of sp³-hybridized carbons (Fsp3) is 1.00. The van der Waals surface area contributed by atoms with Gasteiger partial charge >= 0.3 is 17.1 Å². The van der Waals surface area contributed by atoms with Crippen LogP contribution in [0.25, 0.3) is 0 Å². The van der Waals surface area contributed by atoms with Crippen molar-refractivity contribution in [3.8, 4) is 0 Å². The molecule has 0 saturated heterocycles. The topological polar surface area (TPSA) is 0 Å². The second kappa shape index (κ2) is 45.4. The molecule has 198 valence electrons. The van der Waals surface area contributed by atoms with Crippen molar-refractivity contribution in [1.82, 2.24) is 0 Å². The van der Waals surface area contributed by atoms with Gasteiger partial charge in [0.1, 0.15) is 0 Å². The van der Waals surface area contributed by atoms with Crippen LogP contribution in [0.5, 0.6) is 0 Å². The molecule has 0 saturated carbocycles. The molecule has 31 heavy (non-hydrogen) atoms. The maximum Gasteiger partial charge on any atom is 2.00 e. The van der Waals surface area contributed by atoms with E-state index in [1.165, 1.54) is 61.3 Å². The zero-order chi connectivity index (χ0) is 25.5. The monoisotopic (exact) mass is 560 g/mol. The number of hydrogen-bond donors (Lipinski definition) is 0. The van der Waals surface area contributed by atoms with Crippen LogP contribution in [0.4, 0.5) is 0 Å². The van der Waals surface area contributed by atoms with Gasteiger partial charge in [-0.25, -0.2) is 0 Å². The molecular weight excluding hydrogens is 500 g/mol. The Labute approximate surface area is 233 Å². The van der Waals surface area contributed by atoms with E-state index in [9.17, 15) is 0 Å². The van der Waals surface area contributed by atoms with E-state index in [1.54, 1.807) is 0 Å². The van der Waals surface area contributed by atoms with E-state index in [0.717, 1.165) is 23.0 Å². The first-order valence-electron chi connectivity index (χ1n) is 12.2. The molecule has 0 aliphatic rings. The Bertz CT molecular complexity index is 179. The molecule has 0 bridgehead atoms. The quantitative estimate of drug-likeness (QED) is 0.204. The van der Waals surface area contributed by atoms with Gasteiger partial charge in [0, 0.05) is 0 Å². The summed E-state index contributed by atoms with van der Waals surface area (Å²) in [6, 6.07) is 0. The summed E-state index contributed by atoms with van der Waals surface area (Å²) in [5.74, 6) is 3.33. The van der Waals surface area contributed by atoms with Crippen LogP contribution >= 0.6 is 0 Å². The minimum Gasteiger partial charge on any atom is -0.793 e. The van der Waals surface area contributed by atoms with Gasteiger partial charge in [-0.1, -0.05) is 27.7 Å². The first-order valence-corrected chi connectivity index (χ1v) is 14.5. The van der Waals surface area contributed by atoms with Crippen LogP contribution in [0.15, 0.2) is 0 Å². The van der Waals surface area contributed by atoms with Crippen molar-refractivity contribution >= 4 is 50.5 Å². The molecule has 0 aromatic carbocycles. The van der Waals surface area contributed by atoms with Crippen LogP contribution in [0, 0.1) is 0 Å². The van der Waals surface area contributed by atoms with Crippen molar-refractivity contribution in [2.75, 3.05) is 75.4 Å². The largest absolute Gasteiger partial charge is 2.00 e. The first-order chi connectivity index (χ1) is 14.1. The Hall–Kier alpha value is 1.84. The van der Waals surface area contributed by atoms with Crippen molar-refractivity contribution in [3.63, 3.8) is 0 Å². The van der Waals surface area contributed by atoms with Gasteiger partial charge in [-0.3, -0.25) is 0 Å². The van der Waals surface area contributed by atoms with Gasteiger partial charge in [-0.15, -0.1) is 0 Å². The molecule has 0 fully saturated rings. The average Bonchev–Trinajstić information content (AvgIpc) is 2.75. The second-order valence-corrected chi connectivity index (χ2v) is 8.68. The van der Waals surface area contributed by atoms with Crippen LogP contribution in [-0.4, -0.2) is 84.3 Å². The molecule has 0 aromatic rings. The van der Waals surface area contributed by atoms with Crippen LogP contribution in [-0.2, 0) is 67.6 Å².